The molecule has 31 heavy (non-hydrogen) atoms. The van der Waals surface area contributed by atoms with E-state index in [0.717, 1.165) is 55.0 Å². The smallest absolute Gasteiger partial charge is 0.306 e. The third-order valence-corrected chi connectivity index (χ3v) is 5.63. The lowest BCUT2D eigenvalue weighted by molar-refractivity contribution is -0.143. The molecule has 0 amide bonds. The monoisotopic (exact) mass is 418 g/mol. The Hall–Kier alpha value is -3.45. The molecule has 1 aromatic heterocycles. The van der Waals surface area contributed by atoms with Crippen molar-refractivity contribution < 1.29 is 14.6 Å². The third-order valence-electron chi connectivity index (χ3n) is 5.63. The lowest BCUT2D eigenvalue weighted by Gasteiger charge is -2.30. The van der Waals surface area contributed by atoms with Gasteiger partial charge in [-0.05, 0) is 61.3 Å². The first kappa shape index (κ1) is 20.8. The number of piperidine rings is 1. The number of carboxylic acids is 1. The molecule has 0 atom stereocenters. The van der Waals surface area contributed by atoms with Gasteiger partial charge in [0.2, 0.25) is 5.95 Å². The summed E-state index contributed by atoms with van der Waals surface area (Å²) < 4.78 is 5.19. The van der Waals surface area contributed by atoms with E-state index in [0.29, 0.717) is 5.95 Å². The van der Waals surface area contributed by atoms with Crippen LogP contribution in [0, 0.1) is 5.92 Å². The second-order valence-electron chi connectivity index (χ2n) is 7.73. The summed E-state index contributed by atoms with van der Waals surface area (Å²) in [6.07, 6.45) is 5.04. The number of benzene rings is 2. The summed E-state index contributed by atoms with van der Waals surface area (Å²) in [7, 11) is 1.65. The molecule has 3 aromatic rings. The molecule has 1 aliphatic rings. The molecule has 1 aliphatic heterocycles. The van der Waals surface area contributed by atoms with Crippen molar-refractivity contribution in [3.8, 4) is 16.9 Å². The first-order chi connectivity index (χ1) is 15.1. The number of likely N-dealkylation sites (tertiary alicyclic amines) is 1. The van der Waals surface area contributed by atoms with Gasteiger partial charge in [-0.1, -0.05) is 24.3 Å². The number of hydrogen-bond acceptors (Lipinski definition) is 6. The highest BCUT2D eigenvalue weighted by molar-refractivity contribution is 5.70. The van der Waals surface area contributed by atoms with E-state index < -0.39 is 5.97 Å². The molecule has 7 heteroatoms. The summed E-state index contributed by atoms with van der Waals surface area (Å²) in [5, 5.41) is 12.3. The van der Waals surface area contributed by atoms with E-state index in [1.54, 1.807) is 19.5 Å². The van der Waals surface area contributed by atoms with Gasteiger partial charge in [0.25, 0.3) is 0 Å². The van der Waals surface area contributed by atoms with Crippen molar-refractivity contribution >= 4 is 17.6 Å². The molecular formula is C24H26N4O3. The number of anilines is 2. The molecule has 0 saturated carbocycles. The average molecular weight is 418 g/mol. The van der Waals surface area contributed by atoms with Crippen LogP contribution in [0.25, 0.3) is 11.1 Å². The van der Waals surface area contributed by atoms with Crippen molar-refractivity contribution in [1.82, 2.24) is 14.9 Å². The van der Waals surface area contributed by atoms with Gasteiger partial charge in [0.05, 0.1) is 13.0 Å². The van der Waals surface area contributed by atoms with Crippen molar-refractivity contribution in [2.45, 2.75) is 19.4 Å². The summed E-state index contributed by atoms with van der Waals surface area (Å²) in [4.78, 5) is 22.2. The zero-order chi connectivity index (χ0) is 21.6. The molecule has 4 rings (SSSR count). The summed E-state index contributed by atoms with van der Waals surface area (Å²) in [6, 6.07) is 16.0. The summed E-state index contributed by atoms with van der Waals surface area (Å²) in [5.41, 5.74) is 4.10. The van der Waals surface area contributed by atoms with Crippen LogP contribution >= 0.6 is 0 Å². The Morgan fingerprint density at radius 1 is 1.03 bits per heavy atom. The lowest BCUT2D eigenvalue weighted by Crippen LogP contribution is -2.35. The predicted octanol–water partition coefficient (Wildman–Crippen LogP) is 4.19. The van der Waals surface area contributed by atoms with Gasteiger partial charge in [-0.3, -0.25) is 9.69 Å². The number of ether oxygens (including phenoxy) is 1. The molecular weight excluding hydrogens is 392 g/mol. The standard InChI is InChI=1S/C24H26N4O3/c1-31-22-8-4-18(5-9-22)20-14-25-24(26-15-20)27-21-6-2-17(3-7-21)16-28-12-10-19(11-13-28)23(29)30/h2-9,14-15,19H,10-13,16H2,1H3,(H,29,30)(H,25,26,27). The highest BCUT2D eigenvalue weighted by Crippen LogP contribution is 2.23. The van der Waals surface area contributed by atoms with Crippen LogP contribution in [0.3, 0.4) is 0 Å². The van der Waals surface area contributed by atoms with Crippen LogP contribution in [0.15, 0.2) is 60.9 Å². The Kier molecular flexibility index (Phi) is 6.43. The number of hydrogen-bond donors (Lipinski definition) is 2. The van der Waals surface area contributed by atoms with Crippen LogP contribution in [0.2, 0.25) is 0 Å². The van der Waals surface area contributed by atoms with Crippen LogP contribution in [-0.4, -0.2) is 46.1 Å². The van der Waals surface area contributed by atoms with Crippen molar-refractivity contribution in [3.63, 3.8) is 0 Å². The molecule has 2 N–H and O–H groups in total. The molecule has 160 valence electrons. The van der Waals surface area contributed by atoms with E-state index in [4.69, 9.17) is 9.84 Å². The fraction of sp³-hybridized carbons (Fsp3) is 0.292. The summed E-state index contributed by atoms with van der Waals surface area (Å²) in [5.74, 6) is 0.491. The van der Waals surface area contributed by atoms with E-state index in [-0.39, 0.29) is 5.92 Å². The van der Waals surface area contributed by atoms with Crippen molar-refractivity contribution in [2.24, 2.45) is 5.92 Å². The van der Waals surface area contributed by atoms with Gasteiger partial charge in [0.15, 0.2) is 0 Å². The number of aromatic nitrogens is 2. The Labute approximate surface area is 181 Å². The first-order valence-corrected chi connectivity index (χ1v) is 10.4. The molecule has 0 radical (unpaired) electrons. The quantitative estimate of drug-likeness (QED) is 0.595. The van der Waals surface area contributed by atoms with Gasteiger partial charge in [-0.15, -0.1) is 0 Å². The van der Waals surface area contributed by atoms with Crippen LogP contribution in [-0.2, 0) is 11.3 Å². The Bertz CT molecular complexity index is 997. The molecule has 2 aromatic carbocycles. The number of nitrogens with one attached hydrogen (secondary N) is 1. The lowest BCUT2D eigenvalue weighted by atomic mass is 9.97. The Morgan fingerprint density at radius 2 is 1.68 bits per heavy atom. The predicted molar refractivity (Wildman–Crippen MR) is 119 cm³/mol. The van der Waals surface area contributed by atoms with Crippen molar-refractivity contribution in [2.75, 3.05) is 25.5 Å². The van der Waals surface area contributed by atoms with E-state index in [1.165, 1.54) is 5.56 Å². The van der Waals surface area contributed by atoms with Crippen molar-refractivity contribution in [1.29, 1.82) is 0 Å². The third kappa shape index (κ3) is 5.38. The highest BCUT2D eigenvalue weighted by Gasteiger charge is 2.24. The van der Waals surface area contributed by atoms with Crippen LogP contribution < -0.4 is 10.1 Å². The Morgan fingerprint density at radius 3 is 2.26 bits per heavy atom. The SMILES string of the molecule is COc1ccc(-c2cnc(Nc3ccc(CN4CCC(C(=O)O)CC4)cc3)nc2)cc1. The normalized spacial score (nSPS) is 14.9. The fourth-order valence-corrected chi connectivity index (χ4v) is 3.74. The summed E-state index contributed by atoms with van der Waals surface area (Å²) >= 11 is 0. The molecule has 7 nitrogen and oxygen atoms in total. The maximum Gasteiger partial charge on any atom is 0.306 e. The minimum atomic E-state index is -0.672. The maximum absolute atomic E-state index is 11.1. The average Bonchev–Trinajstić information content (AvgIpc) is 2.81. The molecule has 0 spiro atoms. The second-order valence-corrected chi connectivity index (χ2v) is 7.73. The van der Waals surface area contributed by atoms with Crippen LogP contribution in [0.1, 0.15) is 18.4 Å². The van der Waals surface area contributed by atoms with E-state index in [2.05, 4.69) is 32.3 Å². The van der Waals surface area contributed by atoms with E-state index in [9.17, 15) is 4.79 Å². The molecule has 0 bridgehead atoms. The van der Waals surface area contributed by atoms with Crippen molar-refractivity contribution in [3.05, 3.63) is 66.5 Å². The van der Waals surface area contributed by atoms with Gasteiger partial charge in [0, 0.05) is 30.2 Å². The van der Waals surface area contributed by atoms with E-state index >= 15 is 0 Å². The topological polar surface area (TPSA) is 87.6 Å². The molecule has 0 aliphatic carbocycles. The van der Waals surface area contributed by atoms with Crippen LogP contribution in [0.4, 0.5) is 11.6 Å². The van der Waals surface area contributed by atoms with Crippen LogP contribution in [0.5, 0.6) is 5.75 Å². The molecule has 2 heterocycles. The minimum Gasteiger partial charge on any atom is -0.497 e. The van der Waals surface area contributed by atoms with Gasteiger partial charge < -0.3 is 15.2 Å². The van der Waals surface area contributed by atoms with Gasteiger partial charge in [-0.25, -0.2) is 9.97 Å². The molecule has 1 fully saturated rings. The number of rotatable bonds is 7. The first-order valence-electron chi connectivity index (χ1n) is 10.4. The fourth-order valence-electron chi connectivity index (χ4n) is 3.74. The number of carboxylic acid groups (broad SMARTS) is 1. The van der Waals surface area contributed by atoms with E-state index in [1.807, 2.05) is 36.4 Å². The number of nitrogens with zero attached hydrogens (tertiary/aromatic N) is 3. The minimum absolute atomic E-state index is 0.195. The number of carbonyl (C=O) groups is 1. The highest BCUT2D eigenvalue weighted by atomic mass is 16.5. The van der Waals surface area contributed by atoms with Gasteiger partial charge >= 0.3 is 5.97 Å². The molecule has 0 unspecified atom stereocenters. The largest absolute Gasteiger partial charge is 0.497 e. The van der Waals surface area contributed by atoms with Gasteiger partial charge in [0.1, 0.15) is 5.75 Å². The zero-order valence-corrected chi connectivity index (χ0v) is 17.5. The number of methoxy groups -OCH3 is 1. The summed E-state index contributed by atoms with van der Waals surface area (Å²) in [6.45, 7) is 2.48. The second kappa shape index (κ2) is 9.57. The zero-order valence-electron chi connectivity index (χ0n) is 17.5. The number of aliphatic carboxylic acids is 1. The Balaban J connectivity index is 1.32. The maximum atomic E-state index is 11.1. The van der Waals surface area contributed by atoms with Gasteiger partial charge in [-0.2, -0.15) is 0 Å². The molecule has 1 saturated heterocycles.